The van der Waals surface area contributed by atoms with E-state index in [9.17, 15) is 9.90 Å². The lowest BCUT2D eigenvalue weighted by atomic mass is 10.1. The van der Waals surface area contributed by atoms with Gasteiger partial charge in [-0.3, -0.25) is 4.79 Å². The molecule has 2 saturated carbocycles. The topological polar surface area (TPSA) is 49.3 Å². The van der Waals surface area contributed by atoms with Crippen molar-refractivity contribution in [3.63, 3.8) is 0 Å². The average molecular weight is 259 g/mol. The Balaban J connectivity index is 1.48. The number of benzene rings is 1. The zero-order chi connectivity index (χ0) is 13.2. The summed E-state index contributed by atoms with van der Waals surface area (Å²) in [4.78, 5) is 12.1. The SMILES string of the molecule is O=C(NCC1CCCC1O)C1CC1c1ccccc1. The summed E-state index contributed by atoms with van der Waals surface area (Å²) in [6.45, 7) is 0.637. The standard InChI is InChI=1S/C16H21NO2/c18-15-8-4-7-12(15)10-17-16(19)14-9-13(14)11-5-2-1-3-6-11/h1-3,5-6,12-15,18H,4,7-10H2,(H,17,19). The van der Waals surface area contributed by atoms with Crippen molar-refractivity contribution >= 4 is 5.91 Å². The van der Waals surface area contributed by atoms with Crippen LogP contribution < -0.4 is 5.32 Å². The van der Waals surface area contributed by atoms with E-state index in [1.807, 2.05) is 18.2 Å². The molecule has 1 amide bonds. The van der Waals surface area contributed by atoms with Crippen LogP contribution in [0.2, 0.25) is 0 Å². The van der Waals surface area contributed by atoms with Crippen LogP contribution in [0.25, 0.3) is 0 Å². The molecule has 2 aliphatic carbocycles. The number of hydrogen-bond acceptors (Lipinski definition) is 2. The first kappa shape index (κ1) is 12.7. The van der Waals surface area contributed by atoms with Crippen molar-refractivity contribution in [3.8, 4) is 0 Å². The molecule has 0 radical (unpaired) electrons. The second kappa shape index (κ2) is 5.33. The molecule has 0 saturated heterocycles. The van der Waals surface area contributed by atoms with Gasteiger partial charge in [-0.15, -0.1) is 0 Å². The van der Waals surface area contributed by atoms with Gasteiger partial charge in [0.25, 0.3) is 0 Å². The van der Waals surface area contributed by atoms with E-state index in [0.29, 0.717) is 12.5 Å². The van der Waals surface area contributed by atoms with Gasteiger partial charge in [-0.1, -0.05) is 36.8 Å². The second-order valence-electron chi connectivity index (χ2n) is 5.86. The third kappa shape index (κ3) is 2.81. The molecule has 3 rings (SSSR count). The molecular formula is C16H21NO2. The Hall–Kier alpha value is -1.35. The van der Waals surface area contributed by atoms with Crippen LogP contribution in [0.1, 0.15) is 37.2 Å². The monoisotopic (exact) mass is 259 g/mol. The molecule has 3 heteroatoms. The van der Waals surface area contributed by atoms with Gasteiger partial charge in [0, 0.05) is 18.4 Å². The molecule has 0 heterocycles. The minimum absolute atomic E-state index is 0.140. The van der Waals surface area contributed by atoms with Gasteiger partial charge in [0.1, 0.15) is 0 Å². The van der Waals surface area contributed by atoms with E-state index in [2.05, 4.69) is 17.4 Å². The first-order chi connectivity index (χ1) is 9.25. The molecule has 0 spiro atoms. The van der Waals surface area contributed by atoms with Crippen LogP contribution >= 0.6 is 0 Å². The van der Waals surface area contributed by atoms with Crippen LogP contribution in [0.15, 0.2) is 30.3 Å². The van der Waals surface area contributed by atoms with Crippen LogP contribution in [-0.2, 0) is 4.79 Å². The maximum absolute atomic E-state index is 12.1. The largest absolute Gasteiger partial charge is 0.393 e. The van der Waals surface area contributed by atoms with Crippen LogP contribution in [0, 0.1) is 11.8 Å². The Morgan fingerprint density at radius 2 is 2.05 bits per heavy atom. The van der Waals surface area contributed by atoms with Crippen LogP contribution in [0.5, 0.6) is 0 Å². The van der Waals surface area contributed by atoms with Crippen molar-refractivity contribution in [1.29, 1.82) is 0 Å². The molecule has 2 fully saturated rings. The molecule has 0 bridgehead atoms. The lowest BCUT2D eigenvalue weighted by Gasteiger charge is -2.15. The fourth-order valence-electron chi connectivity index (χ4n) is 3.17. The molecule has 0 aliphatic heterocycles. The van der Waals surface area contributed by atoms with Gasteiger partial charge in [-0.25, -0.2) is 0 Å². The Bertz CT molecular complexity index is 445. The molecule has 4 unspecified atom stereocenters. The van der Waals surface area contributed by atoms with E-state index >= 15 is 0 Å². The molecular weight excluding hydrogens is 238 g/mol. The lowest BCUT2D eigenvalue weighted by Crippen LogP contribution is -2.33. The van der Waals surface area contributed by atoms with Crippen molar-refractivity contribution in [2.45, 2.75) is 37.7 Å². The Morgan fingerprint density at radius 1 is 1.26 bits per heavy atom. The number of aliphatic hydroxyl groups excluding tert-OH is 1. The van der Waals surface area contributed by atoms with Gasteiger partial charge in [0.15, 0.2) is 0 Å². The predicted molar refractivity (Wildman–Crippen MR) is 73.6 cm³/mol. The van der Waals surface area contributed by atoms with Gasteiger partial charge in [0.2, 0.25) is 5.91 Å². The Kier molecular flexibility index (Phi) is 3.56. The molecule has 1 aromatic carbocycles. The van der Waals surface area contributed by atoms with E-state index in [1.54, 1.807) is 0 Å². The quantitative estimate of drug-likeness (QED) is 0.869. The highest BCUT2D eigenvalue weighted by atomic mass is 16.3. The molecule has 0 aromatic heterocycles. The number of rotatable bonds is 4. The summed E-state index contributed by atoms with van der Waals surface area (Å²) in [5.74, 6) is 0.960. The number of aliphatic hydroxyl groups is 1. The number of amides is 1. The van der Waals surface area contributed by atoms with E-state index < -0.39 is 0 Å². The number of carbonyl (C=O) groups excluding carboxylic acids is 1. The smallest absolute Gasteiger partial charge is 0.223 e. The third-order valence-electron chi connectivity index (χ3n) is 4.51. The fourth-order valence-corrected chi connectivity index (χ4v) is 3.17. The number of carbonyl (C=O) groups is 1. The van der Waals surface area contributed by atoms with Crippen molar-refractivity contribution in [2.75, 3.05) is 6.54 Å². The van der Waals surface area contributed by atoms with E-state index in [4.69, 9.17) is 0 Å². The molecule has 2 aliphatic rings. The van der Waals surface area contributed by atoms with E-state index in [0.717, 1.165) is 25.7 Å². The van der Waals surface area contributed by atoms with Crippen LogP contribution in [0.4, 0.5) is 0 Å². The molecule has 3 nitrogen and oxygen atoms in total. The summed E-state index contributed by atoms with van der Waals surface area (Å²) < 4.78 is 0. The van der Waals surface area contributed by atoms with Crippen LogP contribution in [-0.4, -0.2) is 23.7 Å². The highest BCUT2D eigenvalue weighted by Gasteiger charge is 2.43. The lowest BCUT2D eigenvalue weighted by molar-refractivity contribution is -0.122. The number of nitrogens with one attached hydrogen (secondary N) is 1. The van der Waals surface area contributed by atoms with Gasteiger partial charge in [-0.05, 0) is 30.7 Å². The minimum atomic E-state index is -0.218. The first-order valence-electron chi connectivity index (χ1n) is 7.26. The average Bonchev–Trinajstić information content (AvgIpc) is 3.14. The van der Waals surface area contributed by atoms with Crippen LogP contribution in [0.3, 0.4) is 0 Å². The van der Waals surface area contributed by atoms with Crippen molar-refractivity contribution in [3.05, 3.63) is 35.9 Å². The first-order valence-corrected chi connectivity index (χ1v) is 7.26. The van der Waals surface area contributed by atoms with Gasteiger partial charge < -0.3 is 10.4 Å². The fraction of sp³-hybridized carbons (Fsp3) is 0.562. The minimum Gasteiger partial charge on any atom is -0.393 e. The highest BCUT2D eigenvalue weighted by Crippen LogP contribution is 2.47. The summed E-state index contributed by atoms with van der Waals surface area (Å²) in [5, 5.41) is 12.8. The van der Waals surface area contributed by atoms with Gasteiger partial charge in [0.05, 0.1) is 6.10 Å². The highest BCUT2D eigenvalue weighted by molar-refractivity contribution is 5.82. The molecule has 4 atom stereocenters. The van der Waals surface area contributed by atoms with Crippen molar-refractivity contribution in [1.82, 2.24) is 5.32 Å². The molecule has 102 valence electrons. The third-order valence-corrected chi connectivity index (χ3v) is 4.51. The maximum Gasteiger partial charge on any atom is 0.223 e. The normalized spacial score (nSPS) is 33.1. The second-order valence-corrected chi connectivity index (χ2v) is 5.86. The van der Waals surface area contributed by atoms with Crippen molar-refractivity contribution < 1.29 is 9.90 Å². The van der Waals surface area contributed by atoms with E-state index in [-0.39, 0.29) is 23.8 Å². The Labute approximate surface area is 114 Å². The summed E-state index contributed by atoms with van der Waals surface area (Å²) in [5.41, 5.74) is 1.27. The summed E-state index contributed by atoms with van der Waals surface area (Å²) in [7, 11) is 0. The zero-order valence-electron chi connectivity index (χ0n) is 11.1. The summed E-state index contributed by atoms with van der Waals surface area (Å²) in [6.07, 6.45) is 3.75. The van der Waals surface area contributed by atoms with E-state index in [1.165, 1.54) is 5.56 Å². The van der Waals surface area contributed by atoms with Gasteiger partial charge >= 0.3 is 0 Å². The van der Waals surface area contributed by atoms with Crippen molar-refractivity contribution in [2.24, 2.45) is 11.8 Å². The molecule has 1 aromatic rings. The number of hydrogen-bond donors (Lipinski definition) is 2. The molecule has 19 heavy (non-hydrogen) atoms. The molecule has 2 N–H and O–H groups in total. The summed E-state index contributed by atoms with van der Waals surface area (Å²) in [6, 6.07) is 10.2. The maximum atomic E-state index is 12.1. The predicted octanol–water partition coefficient (Wildman–Crippen LogP) is 2.07. The zero-order valence-corrected chi connectivity index (χ0v) is 11.1. The van der Waals surface area contributed by atoms with Gasteiger partial charge in [-0.2, -0.15) is 0 Å². The summed E-state index contributed by atoms with van der Waals surface area (Å²) >= 11 is 0. The Morgan fingerprint density at radius 3 is 2.74 bits per heavy atom.